The third-order valence-corrected chi connectivity index (χ3v) is 4.04. The van der Waals surface area contributed by atoms with E-state index in [1.807, 2.05) is 37.3 Å². The molecule has 0 atom stereocenters. The van der Waals surface area contributed by atoms with Crippen LogP contribution in [-0.2, 0) is 0 Å². The predicted molar refractivity (Wildman–Crippen MR) is 90.7 cm³/mol. The van der Waals surface area contributed by atoms with Crippen LogP contribution in [0.15, 0.2) is 48.9 Å². The number of hydrogen-bond donors (Lipinski definition) is 1. The smallest absolute Gasteiger partial charge is 0.274 e. The number of carbonyl (C=O) groups excluding carboxylic acids is 1. The van der Waals surface area contributed by atoms with Gasteiger partial charge in [0.05, 0.1) is 0 Å². The molecule has 6 heteroatoms. The van der Waals surface area contributed by atoms with Gasteiger partial charge in [-0.05, 0) is 49.6 Å². The highest BCUT2D eigenvalue weighted by molar-refractivity contribution is 6.03. The molecule has 1 saturated carbocycles. The number of anilines is 1. The molecular formula is C18H17N5O. The maximum atomic E-state index is 12.3. The molecule has 1 amide bonds. The molecule has 24 heavy (non-hydrogen) atoms. The number of aryl methyl sites for hydroxylation is 1. The molecule has 1 aliphatic carbocycles. The first-order valence-electron chi connectivity index (χ1n) is 7.94. The number of nitrogens with one attached hydrogen (secondary N) is 1. The Morgan fingerprint density at radius 3 is 2.92 bits per heavy atom. The van der Waals surface area contributed by atoms with E-state index in [4.69, 9.17) is 0 Å². The quantitative estimate of drug-likeness (QED) is 0.801. The van der Waals surface area contributed by atoms with Crippen molar-refractivity contribution < 1.29 is 4.79 Å². The van der Waals surface area contributed by atoms with Crippen molar-refractivity contribution in [2.24, 2.45) is 0 Å². The van der Waals surface area contributed by atoms with Crippen molar-refractivity contribution in [3.05, 3.63) is 60.2 Å². The molecule has 4 rings (SSSR count). The summed E-state index contributed by atoms with van der Waals surface area (Å²) in [5.41, 5.74) is 3.06. The molecule has 1 N–H and O–H groups in total. The van der Waals surface area contributed by atoms with Crippen molar-refractivity contribution >= 4 is 11.6 Å². The molecule has 3 aromatic rings. The maximum Gasteiger partial charge on any atom is 0.274 e. The van der Waals surface area contributed by atoms with Crippen LogP contribution in [0.1, 0.15) is 34.9 Å². The number of nitrogens with zero attached hydrogens (tertiary/aromatic N) is 4. The molecular weight excluding hydrogens is 302 g/mol. The summed E-state index contributed by atoms with van der Waals surface area (Å²) in [6, 6.07) is 11.8. The van der Waals surface area contributed by atoms with Crippen LogP contribution in [0.4, 0.5) is 5.69 Å². The first kappa shape index (κ1) is 14.6. The number of pyridine rings is 1. The Kier molecular flexibility index (Phi) is 3.57. The lowest BCUT2D eigenvalue weighted by Gasteiger charge is -2.08. The summed E-state index contributed by atoms with van der Waals surface area (Å²) in [5.74, 6) is 0.613. The minimum absolute atomic E-state index is 0.223. The van der Waals surface area contributed by atoms with Gasteiger partial charge in [0.15, 0.2) is 5.82 Å². The third kappa shape index (κ3) is 2.90. The highest BCUT2D eigenvalue weighted by Gasteiger charge is 2.26. The molecule has 2 heterocycles. The van der Waals surface area contributed by atoms with E-state index in [0.29, 0.717) is 17.4 Å². The predicted octanol–water partition coefficient (Wildman–Crippen LogP) is 3.24. The summed E-state index contributed by atoms with van der Waals surface area (Å²) >= 11 is 0. The van der Waals surface area contributed by atoms with Crippen LogP contribution in [0.3, 0.4) is 0 Å². The van der Waals surface area contributed by atoms with Gasteiger partial charge < -0.3 is 9.88 Å². The number of carbonyl (C=O) groups is 1. The zero-order valence-electron chi connectivity index (χ0n) is 13.3. The summed E-state index contributed by atoms with van der Waals surface area (Å²) in [6.45, 7) is 1.93. The number of rotatable bonds is 4. The fourth-order valence-corrected chi connectivity index (χ4v) is 2.66. The van der Waals surface area contributed by atoms with Gasteiger partial charge in [-0.3, -0.25) is 9.78 Å². The molecule has 1 aromatic carbocycles. The van der Waals surface area contributed by atoms with Crippen LogP contribution in [0, 0.1) is 6.92 Å². The summed E-state index contributed by atoms with van der Waals surface area (Å²) in [7, 11) is 0. The molecule has 0 saturated heterocycles. The van der Waals surface area contributed by atoms with Crippen LogP contribution >= 0.6 is 0 Å². The van der Waals surface area contributed by atoms with Crippen LogP contribution < -0.4 is 5.32 Å². The van der Waals surface area contributed by atoms with E-state index in [9.17, 15) is 4.79 Å². The summed E-state index contributed by atoms with van der Waals surface area (Å²) in [5, 5.41) is 11.1. The van der Waals surface area contributed by atoms with Crippen molar-refractivity contribution in [2.75, 3.05) is 5.32 Å². The fraction of sp³-hybridized carbons (Fsp3) is 0.222. The molecule has 0 unspecified atom stereocenters. The lowest BCUT2D eigenvalue weighted by atomic mass is 10.1. The Morgan fingerprint density at radius 1 is 1.25 bits per heavy atom. The van der Waals surface area contributed by atoms with Gasteiger partial charge >= 0.3 is 0 Å². The molecule has 0 radical (unpaired) electrons. The van der Waals surface area contributed by atoms with Gasteiger partial charge in [-0.1, -0.05) is 12.1 Å². The van der Waals surface area contributed by atoms with Crippen LogP contribution in [0.2, 0.25) is 0 Å². The lowest BCUT2D eigenvalue weighted by Crippen LogP contribution is -2.13. The number of benzene rings is 1. The molecule has 1 aliphatic rings. The van der Waals surface area contributed by atoms with Crippen molar-refractivity contribution in [3.63, 3.8) is 0 Å². The SMILES string of the molecule is Cc1ccnc(C(=O)Nc2cccc(-c3nncn3C3CC3)c2)c1. The average molecular weight is 319 g/mol. The minimum Gasteiger partial charge on any atom is -0.321 e. The average Bonchev–Trinajstić information content (AvgIpc) is 3.32. The summed E-state index contributed by atoms with van der Waals surface area (Å²) in [6.07, 6.45) is 5.74. The van der Waals surface area contributed by atoms with Crippen molar-refractivity contribution in [1.82, 2.24) is 19.7 Å². The van der Waals surface area contributed by atoms with E-state index >= 15 is 0 Å². The fourth-order valence-electron chi connectivity index (χ4n) is 2.66. The number of aromatic nitrogens is 4. The second-order valence-corrected chi connectivity index (χ2v) is 6.05. The number of amides is 1. The van der Waals surface area contributed by atoms with Gasteiger partial charge in [-0.2, -0.15) is 0 Å². The molecule has 0 spiro atoms. The Bertz CT molecular complexity index is 898. The summed E-state index contributed by atoms with van der Waals surface area (Å²) < 4.78 is 2.10. The molecule has 6 nitrogen and oxygen atoms in total. The van der Waals surface area contributed by atoms with E-state index in [1.165, 1.54) is 12.8 Å². The zero-order chi connectivity index (χ0) is 16.5. The van der Waals surface area contributed by atoms with Crippen molar-refractivity contribution in [3.8, 4) is 11.4 Å². The monoisotopic (exact) mass is 319 g/mol. The molecule has 0 bridgehead atoms. The van der Waals surface area contributed by atoms with E-state index in [-0.39, 0.29) is 5.91 Å². The van der Waals surface area contributed by atoms with E-state index < -0.39 is 0 Å². The Hall–Kier alpha value is -3.02. The maximum absolute atomic E-state index is 12.3. The van der Waals surface area contributed by atoms with Gasteiger partial charge in [0.25, 0.3) is 5.91 Å². The highest BCUT2D eigenvalue weighted by atomic mass is 16.1. The van der Waals surface area contributed by atoms with E-state index in [2.05, 4.69) is 25.1 Å². The van der Waals surface area contributed by atoms with Gasteiger partial charge in [0, 0.05) is 23.5 Å². The van der Waals surface area contributed by atoms with E-state index in [0.717, 1.165) is 17.0 Å². The van der Waals surface area contributed by atoms with Gasteiger partial charge in [-0.15, -0.1) is 10.2 Å². The molecule has 1 fully saturated rings. The van der Waals surface area contributed by atoms with Crippen molar-refractivity contribution in [2.45, 2.75) is 25.8 Å². The van der Waals surface area contributed by atoms with Gasteiger partial charge in [0.1, 0.15) is 12.0 Å². The topological polar surface area (TPSA) is 72.7 Å². The van der Waals surface area contributed by atoms with E-state index in [1.54, 1.807) is 18.6 Å². The van der Waals surface area contributed by atoms with Gasteiger partial charge in [0.2, 0.25) is 0 Å². The summed E-state index contributed by atoms with van der Waals surface area (Å²) in [4.78, 5) is 16.5. The third-order valence-electron chi connectivity index (χ3n) is 4.04. The second-order valence-electron chi connectivity index (χ2n) is 6.05. The molecule has 0 aliphatic heterocycles. The standard InChI is InChI=1S/C18H17N5O/c1-12-7-8-19-16(9-12)18(24)21-14-4-2-3-13(10-14)17-22-20-11-23(17)15-5-6-15/h2-4,7-11,15H,5-6H2,1H3,(H,21,24). The Balaban J connectivity index is 1.58. The van der Waals surface area contributed by atoms with Crippen LogP contribution in [-0.4, -0.2) is 25.7 Å². The second kappa shape index (κ2) is 5.88. The Morgan fingerprint density at radius 2 is 2.12 bits per heavy atom. The normalized spacial score (nSPS) is 13.7. The van der Waals surface area contributed by atoms with Gasteiger partial charge in [-0.25, -0.2) is 0 Å². The largest absolute Gasteiger partial charge is 0.321 e. The first-order valence-corrected chi connectivity index (χ1v) is 7.94. The van der Waals surface area contributed by atoms with Crippen LogP contribution in [0.5, 0.6) is 0 Å². The molecule has 120 valence electrons. The zero-order valence-corrected chi connectivity index (χ0v) is 13.3. The minimum atomic E-state index is -0.223. The first-order chi connectivity index (χ1) is 11.7. The van der Waals surface area contributed by atoms with Crippen molar-refractivity contribution in [1.29, 1.82) is 0 Å². The number of hydrogen-bond acceptors (Lipinski definition) is 4. The Labute approximate surface area is 139 Å². The highest BCUT2D eigenvalue weighted by Crippen LogP contribution is 2.37. The lowest BCUT2D eigenvalue weighted by molar-refractivity contribution is 0.102. The van der Waals surface area contributed by atoms with Crippen LogP contribution in [0.25, 0.3) is 11.4 Å². The molecule has 2 aromatic heterocycles.